The van der Waals surface area contributed by atoms with Crippen LogP contribution in [0, 0.1) is 17.3 Å². The highest BCUT2D eigenvalue weighted by Gasteiger charge is 2.34. The molecule has 2 rings (SSSR count). The summed E-state index contributed by atoms with van der Waals surface area (Å²) in [6.07, 6.45) is 5.00. The Hall–Kier alpha value is -1.59. The van der Waals surface area contributed by atoms with E-state index in [0.717, 1.165) is 25.7 Å². The Morgan fingerprint density at radius 3 is 2.29 bits per heavy atom. The van der Waals surface area contributed by atoms with Gasteiger partial charge in [-0.15, -0.1) is 0 Å². The van der Waals surface area contributed by atoms with Gasteiger partial charge in [0.25, 0.3) is 0 Å². The molecule has 6 heteroatoms. The van der Waals surface area contributed by atoms with Gasteiger partial charge in [0.2, 0.25) is 11.8 Å². The third-order valence-corrected chi connectivity index (χ3v) is 5.50. The molecule has 2 aliphatic rings. The Morgan fingerprint density at radius 1 is 1.12 bits per heavy atom. The summed E-state index contributed by atoms with van der Waals surface area (Å²) in [7, 11) is 1.70. The molecule has 1 heterocycles. The van der Waals surface area contributed by atoms with E-state index in [4.69, 9.17) is 5.11 Å². The molecule has 1 unspecified atom stereocenters. The summed E-state index contributed by atoms with van der Waals surface area (Å²) < 4.78 is 0. The number of carboxylic acids is 1. The Balaban J connectivity index is 1.83. The van der Waals surface area contributed by atoms with Gasteiger partial charge in [0.1, 0.15) is 0 Å². The molecule has 1 saturated heterocycles. The molecule has 6 nitrogen and oxygen atoms in total. The van der Waals surface area contributed by atoms with Crippen molar-refractivity contribution in [2.24, 2.45) is 17.3 Å². The summed E-state index contributed by atoms with van der Waals surface area (Å²) in [5, 5.41) is 9.01. The highest BCUT2D eigenvalue weighted by atomic mass is 16.4. The van der Waals surface area contributed by atoms with Gasteiger partial charge in [0.05, 0.1) is 12.5 Å². The Bertz CT molecular complexity index is 495. The highest BCUT2D eigenvalue weighted by Crippen LogP contribution is 2.39. The van der Waals surface area contributed by atoms with Gasteiger partial charge < -0.3 is 14.9 Å². The lowest BCUT2D eigenvalue weighted by Gasteiger charge is -2.36. The molecule has 0 aromatic rings. The molecule has 24 heavy (non-hydrogen) atoms. The second-order valence-corrected chi connectivity index (χ2v) is 8.15. The third-order valence-electron chi connectivity index (χ3n) is 5.50. The number of hydrogen-bond donors (Lipinski definition) is 1. The van der Waals surface area contributed by atoms with Crippen LogP contribution < -0.4 is 0 Å². The van der Waals surface area contributed by atoms with Crippen molar-refractivity contribution in [1.29, 1.82) is 0 Å². The summed E-state index contributed by atoms with van der Waals surface area (Å²) >= 11 is 0. The van der Waals surface area contributed by atoms with Crippen LogP contribution in [0.1, 0.15) is 52.4 Å². The maximum atomic E-state index is 12.6. The van der Waals surface area contributed by atoms with E-state index in [1.807, 2.05) is 0 Å². The first-order valence-corrected chi connectivity index (χ1v) is 8.95. The predicted octanol–water partition coefficient (Wildman–Crippen LogP) is 1.98. The second kappa shape index (κ2) is 7.53. The number of rotatable bonds is 4. The molecular weight excluding hydrogens is 308 g/mol. The van der Waals surface area contributed by atoms with Gasteiger partial charge in [-0.2, -0.15) is 0 Å². The van der Waals surface area contributed by atoms with Gasteiger partial charge in [0.15, 0.2) is 0 Å². The van der Waals surface area contributed by atoms with E-state index in [9.17, 15) is 14.4 Å². The van der Waals surface area contributed by atoms with Gasteiger partial charge >= 0.3 is 5.97 Å². The molecule has 2 fully saturated rings. The van der Waals surface area contributed by atoms with Crippen molar-refractivity contribution in [2.45, 2.75) is 52.4 Å². The fraction of sp³-hybridized carbons (Fsp3) is 0.833. The normalized spacial score (nSPS) is 24.5. The molecule has 1 aliphatic heterocycles. The van der Waals surface area contributed by atoms with E-state index in [0.29, 0.717) is 25.9 Å². The summed E-state index contributed by atoms with van der Waals surface area (Å²) in [6, 6.07) is 0. The number of carboxylic acid groups (broad SMARTS) is 1. The lowest BCUT2D eigenvalue weighted by Crippen LogP contribution is -2.47. The Kier molecular flexibility index (Phi) is 5.88. The number of likely N-dealkylation sites (N-methyl/N-ethyl adjacent to an activating group) is 1. The monoisotopic (exact) mass is 338 g/mol. The van der Waals surface area contributed by atoms with Crippen LogP contribution in [0.3, 0.4) is 0 Å². The van der Waals surface area contributed by atoms with E-state index in [1.54, 1.807) is 16.8 Å². The molecule has 2 amide bonds. The maximum Gasteiger partial charge on any atom is 0.306 e. The molecule has 136 valence electrons. The van der Waals surface area contributed by atoms with Crippen LogP contribution in [-0.2, 0) is 14.4 Å². The number of nitrogens with zero attached hydrogens (tertiary/aromatic N) is 2. The molecule has 1 aliphatic carbocycles. The molecule has 1 N–H and O–H groups in total. The Morgan fingerprint density at radius 2 is 1.75 bits per heavy atom. The van der Waals surface area contributed by atoms with Crippen molar-refractivity contribution in [3.63, 3.8) is 0 Å². The standard InChI is InChI=1S/C18H30N2O4/c1-18(2)8-4-5-14(11-18)16(22)19(3)12-15(21)20-9-6-13(7-10-20)17(23)24/h13-14H,4-12H2,1-3H3,(H,23,24). The summed E-state index contributed by atoms with van der Waals surface area (Å²) in [5.74, 6) is -1.13. The molecular formula is C18H30N2O4. The molecule has 0 aromatic heterocycles. The average molecular weight is 338 g/mol. The molecule has 1 saturated carbocycles. The predicted molar refractivity (Wildman–Crippen MR) is 90.3 cm³/mol. The van der Waals surface area contributed by atoms with Crippen molar-refractivity contribution in [3.8, 4) is 0 Å². The molecule has 0 radical (unpaired) electrons. The number of carbonyl (C=O) groups excluding carboxylic acids is 2. The third kappa shape index (κ3) is 4.71. The van der Waals surface area contributed by atoms with E-state index in [2.05, 4.69) is 13.8 Å². The van der Waals surface area contributed by atoms with E-state index < -0.39 is 5.97 Å². The lowest BCUT2D eigenvalue weighted by atomic mass is 9.72. The van der Waals surface area contributed by atoms with Crippen LogP contribution in [-0.4, -0.2) is 59.4 Å². The van der Waals surface area contributed by atoms with Gasteiger partial charge in [-0.25, -0.2) is 0 Å². The fourth-order valence-electron chi connectivity index (χ4n) is 3.98. The minimum absolute atomic E-state index is 0.0179. The van der Waals surface area contributed by atoms with E-state index in [-0.39, 0.29) is 35.6 Å². The molecule has 1 atom stereocenters. The maximum absolute atomic E-state index is 12.6. The number of piperidine rings is 1. The first-order valence-electron chi connectivity index (χ1n) is 8.95. The summed E-state index contributed by atoms with van der Waals surface area (Å²) in [5.41, 5.74) is 0.197. The molecule has 0 spiro atoms. The topological polar surface area (TPSA) is 77.9 Å². The van der Waals surface area contributed by atoms with Crippen molar-refractivity contribution in [2.75, 3.05) is 26.7 Å². The zero-order valence-corrected chi connectivity index (χ0v) is 15.1. The highest BCUT2D eigenvalue weighted by molar-refractivity contribution is 5.86. The number of aliphatic carboxylic acids is 1. The lowest BCUT2D eigenvalue weighted by molar-refractivity contribution is -0.147. The van der Waals surface area contributed by atoms with E-state index in [1.165, 1.54) is 0 Å². The summed E-state index contributed by atoms with van der Waals surface area (Å²) in [4.78, 5) is 39.2. The minimum atomic E-state index is -0.783. The largest absolute Gasteiger partial charge is 0.481 e. The SMILES string of the molecule is CN(CC(=O)N1CCC(C(=O)O)CC1)C(=O)C1CCCC(C)(C)C1. The van der Waals surface area contributed by atoms with Crippen LogP contribution in [0.2, 0.25) is 0 Å². The van der Waals surface area contributed by atoms with Gasteiger partial charge in [-0.3, -0.25) is 14.4 Å². The smallest absolute Gasteiger partial charge is 0.306 e. The summed E-state index contributed by atoms with van der Waals surface area (Å²) in [6.45, 7) is 5.42. The van der Waals surface area contributed by atoms with E-state index >= 15 is 0 Å². The van der Waals surface area contributed by atoms with Crippen LogP contribution in [0.15, 0.2) is 0 Å². The number of hydrogen-bond acceptors (Lipinski definition) is 3. The average Bonchev–Trinajstić information content (AvgIpc) is 2.53. The number of amides is 2. The first-order chi connectivity index (χ1) is 11.2. The van der Waals surface area contributed by atoms with Crippen LogP contribution in [0.5, 0.6) is 0 Å². The molecule has 0 aromatic carbocycles. The van der Waals surface area contributed by atoms with Crippen molar-refractivity contribution < 1.29 is 19.5 Å². The van der Waals surface area contributed by atoms with Gasteiger partial charge in [-0.05, 0) is 37.5 Å². The fourth-order valence-corrected chi connectivity index (χ4v) is 3.98. The number of carbonyl (C=O) groups is 3. The van der Waals surface area contributed by atoms with Crippen molar-refractivity contribution >= 4 is 17.8 Å². The second-order valence-electron chi connectivity index (χ2n) is 8.15. The number of likely N-dealkylation sites (tertiary alicyclic amines) is 1. The van der Waals surface area contributed by atoms with Crippen molar-refractivity contribution in [3.05, 3.63) is 0 Å². The zero-order chi connectivity index (χ0) is 17.9. The first kappa shape index (κ1) is 18.7. The minimum Gasteiger partial charge on any atom is -0.481 e. The Labute approximate surface area is 144 Å². The molecule has 0 bridgehead atoms. The van der Waals surface area contributed by atoms with Crippen LogP contribution in [0.25, 0.3) is 0 Å². The van der Waals surface area contributed by atoms with Crippen LogP contribution >= 0.6 is 0 Å². The van der Waals surface area contributed by atoms with Crippen LogP contribution in [0.4, 0.5) is 0 Å². The van der Waals surface area contributed by atoms with Gasteiger partial charge in [0, 0.05) is 26.1 Å². The zero-order valence-electron chi connectivity index (χ0n) is 15.1. The van der Waals surface area contributed by atoms with Crippen molar-refractivity contribution in [1.82, 2.24) is 9.80 Å². The quantitative estimate of drug-likeness (QED) is 0.850. The van der Waals surface area contributed by atoms with Gasteiger partial charge in [-0.1, -0.05) is 20.3 Å².